The molecule has 2 amide bonds. The first-order valence-corrected chi connectivity index (χ1v) is 8.70. The van der Waals surface area contributed by atoms with Crippen molar-refractivity contribution in [1.29, 1.82) is 0 Å². The van der Waals surface area contributed by atoms with Gasteiger partial charge in [-0.1, -0.05) is 18.2 Å². The molecule has 10 heteroatoms. The van der Waals surface area contributed by atoms with E-state index in [1.165, 1.54) is 18.2 Å². The van der Waals surface area contributed by atoms with Gasteiger partial charge in [-0.05, 0) is 26.0 Å². The number of aromatic nitrogens is 2. The summed E-state index contributed by atoms with van der Waals surface area (Å²) in [7, 11) is -4.33. The van der Waals surface area contributed by atoms with E-state index in [1.807, 2.05) is 0 Å². The Hall–Kier alpha value is -2.59. The Bertz CT molecular complexity index is 869. The summed E-state index contributed by atoms with van der Waals surface area (Å²) in [5, 5.41) is 11.8. The maximum atomic E-state index is 12.7. The maximum absolute atomic E-state index is 12.7. The Balaban J connectivity index is 2.22. The molecule has 0 fully saturated rings. The van der Waals surface area contributed by atoms with Crippen LogP contribution in [-0.2, 0) is 10.0 Å². The molecule has 2 rings (SSSR count). The topological polar surface area (TPSA) is 121 Å². The van der Waals surface area contributed by atoms with Crippen molar-refractivity contribution < 1.29 is 22.7 Å². The Kier molecular flexibility index (Phi) is 5.65. The lowest BCUT2D eigenvalue weighted by molar-refractivity contribution is 0.139. The lowest BCUT2D eigenvalue weighted by Crippen LogP contribution is -2.35. The molecule has 1 unspecified atom stereocenters. The third-order valence-electron chi connectivity index (χ3n) is 3.15. The van der Waals surface area contributed by atoms with Crippen molar-refractivity contribution in [1.82, 2.24) is 14.7 Å². The normalized spacial score (nSPS) is 12.5. The monoisotopic (exact) mass is 368 g/mol. The molecule has 1 aromatic carbocycles. The summed E-state index contributed by atoms with van der Waals surface area (Å²) < 4.78 is 39.2. The Morgan fingerprint density at radius 3 is 2.44 bits per heavy atom. The van der Waals surface area contributed by atoms with Crippen LogP contribution in [0.4, 0.5) is 15.1 Å². The summed E-state index contributed by atoms with van der Waals surface area (Å²) in [6, 6.07) is 5.90. The van der Waals surface area contributed by atoms with Crippen LogP contribution in [0.1, 0.15) is 23.1 Å². The lowest BCUT2D eigenvalue weighted by atomic mass is 10.1. The van der Waals surface area contributed by atoms with Crippen LogP contribution in [0.5, 0.6) is 0 Å². The van der Waals surface area contributed by atoms with Gasteiger partial charge in [0, 0.05) is 17.0 Å². The number of halogens is 1. The minimum Gasteiger partial charge on any atom is -0.386 e. The number of carbonyl (C=O) groups is 1. The third-order valence-corrected chi connectivity index (χ3v) is 4.55. The van der Waals surface area contributed by atoms with Crippen LogP contribution in [0, 0.1) is 13.8 Å². The van der Waals surface area contributed by atoms with Crippen molar-refractivity contribution in [2.75, 3.05) is 12.0 Å². The number of urea groups is 1. The summed E-state index contributed by atoms with van der Waals surface area (Å²) in [6.07, 6.45) is -1.61. The van der Waals surface area contributed by atoms with Gasteiger partial charge in [-0.25, -0.2) is 32.3 Å². The minimum atomic E-state index is -4.33. The highest BCUT2D eigenvalue weighted by Crippen LogP contribution is 2.22. The standard InChI is InChI=1S/C15H17FN4O4S/c1-9-7-10(2)18-14(17-9)19-15(22)20-25(23,24)13-6-4-3-5-11(13)12(21)8-16/h3-7,12,21H,8H2,1-2H3,(H2,17,18,19,20,22). The highest BCUT2D eigenvalue weighted by Gasteiger charge is 2.24. The van der Waals surface area contributed by atoms with E-state index in [2.05, 4.69) is 15.3 Å². The van der Waals surface area contributed by atoms with Crippen molar-refractivity contribution in [3.63, 3.8) is 0 Å². The number of aliphatic hydroxyl groups is 1. The number of anilines is 1. The van der Waals surface area contributed by atoms with E-state index < -0.39 is 33.7 Å². The van der Waals surface area contributed by atoms with Crippen LogP contribution >= 0.6 is 0 Å². The predicted octanol–water partition coefficient (Wildman–Crippen LogP) is 1.61. The fraction of sp³-hybridized carbons (Fsp3) is 0.267. The maximum Gasteiger partial charge on any atom is 0.335 e. The molecule has 0 saturated carbocycles. The van der Waals surface area contributed by atoms with E-state index in [-0.39, 0.29) is 11.5 Å². The van der Waals surface area contributed by atoms with Crippen molar-refractivity contribution >= 4 is 22.0 Å². The molecule has 0 aliphatic carbocycles. The largest absolute Gasteiger partial charge is 0.386 e. The zero-order chi connectivity index (χ0) is 18.6. The molecule has 0 radical (unpaired) electrons. The zero-order valence-corrected chi connectivity index (χ0v) is 14.3. The highest BCUT2D eigenvalue weighted by molar-refractivity contribution is 7.90. The number of hydrogen-bond donors (Lipinski definition) is 3. The highest BCUT2D eigenvalue weighted by atomic mass is 32.2. The van der Waals surface area contributed by atoms with E-state index in [4.69, 9.17) is 0 Å². The van der Waals surface area contributed by atoms with Gasteiger partial charge in [-0.2, -0.15) is 0 Å². The summed E-state index contributed by atoms with van der Waals surface area (Å²) >= 11 is 0. The average molecular weight is 368 g/mol. The van der Waals surface area contributed by atoms with E-state index >= 15 is 0 Å². The molecule has 134 valence electrons. The van der Waals surface area contributed by atoms with E-state index in [0.717, 1.165) is 6.07 Å². The molecule has 0 bridgehead atoms. The number of nitrogens with zero attached hydrogens (tertiary/aromatic N) is 2. The number of sulfonamides is 1. The van der Waals surface area contributed by atoms with Gasteiger partial charge in [0.15, 0.2) is 0 Å². The SMILES string of the molecule is Cc1cc(C)nc(NC(=O)NS(=O)(=O)c2ccccc2C(O)CF)n1. The zero-order valence-electron chi connectivity index (χ0n) is 13.5. The van der Waals surface area contributed by atoms with Crippen LogP contribution in [-0.4, -0.2) is 36.2 Å². The second kappa shape index (κ2) is 7.53. The first-order chi connectivity index (χ1) is 11.7. The molecule has 2 aromatic rings. The van der Waals surface area contributed by atoms with Crippen molar-refractivity contribution in [3.05, 3.63) is 47.3 Å². The number of aliphatic hydroxyl groups excluding tert-OH is 1. The fourth-order valence-corrected chi connectivity index (χ4v) is 3.35. The van der Waals surface area contributed by atoms with Crippen LogP contribution in [0.3, 0.4) is 0 Å². The number of hydrogen-bond acceptors (Lipinski definition) is 6. The van der Waals surface area contributed by atoms with E-state index in [1.54, 1.807) is 24.6 Å². The number of carbonyl (C=O) groups excluding carboxylic acids is 1. The molecule has 0 saturated heterocycles. The number of alkyl halides is 1. The van der Waals surface area contributed by atoms with Gasteiger partial charge in [0.1, 0.15) is 12.8 Å². The van der Waals surface area contributed by atoms with Gasteiger partial charge < -0.3 is 5.11 Å². The molecular formula is C15H17FN4O4S. The molecule has 8 nitrogen and oxygen atoms in total. The quantitative estimate of drug-likeness (QED) is 0.737. The summed E-state index contributed by atoms with van der Waals surface area (Å²) in [5.41, 5.74) is 1.05. The van der Waals surface area contributed by atoms with E-state index in [9.17, 15) is 22.7 Å². The van der Waals surface area contributed by atoms with Crippen LogP contribution < -0.4 is 10.0 Å². The van der Waals surface area contributed by atoms with Crippen LogP contribution in [0.25, 0.3) is 0 Å². The molecule has 1 atom stereocenters. The number of nitrogens with one attached hydrogen (secondary N) is 2. The van der Waals surface area contributed by atoms with Crippen LogP contribution in [0.2, 0.25) is 0 Å². The van der Waals surface area contributed by atoms with Gasteiger partial charge in [-0.3, -0.25) is 5.32 Å². The molecule has 0 aliphatic heterocycles. The van der Waals surface area contributed by atoms with Gasteiger partial charge in [-0.15, -0.1) is 0 Å². The number of rotatable bonds is 5. The van der Waals surface area contributed by atoms with Gasteiger partial charge in [0.25, 0.3) is 10.0 Å². The Morgan fingerprint density at radius 1 is 1.24 bits per heavy atom. The van der Waals surface area contributed by atoms with Gasteiger partial charge in [0.05, 0.1) is 4.90 Å². The molecule has 1 aromatic heterocycles. The Morgan fingerprint density at radius 2 is 1.84 bits per heavy atom. The molecule has 1 heterocycles. The van der Waals surface area contributed by atoms with Crippen molar-refractivity contribution in [3.8, 4) is 0 Å². The van der Waals surface area contributed by atoms with Crippen molar-refractivity contribution in [2.45, 2.75) is 24.8 Å². The summed E-state index contributed by atoms with van der Waals surface area (Å²) in [4.78, 5) is 19.5. The Labute approximate surface area is 144 Å². The van der Waals surface area contributed by atoms with Gasteiger partial charge in [0.2, 0.25) is 5.95 Å². The molecule has 0 spiro atoms. The minimum absolute atomic E-state index is 0.0534. The first kappa shape index (κ1) is 18.7. The first-order valence-electron chi connectivity index (χ1n) is 7.22. The number of amides is 2. The second-order valence-corrected chi connectivity index (χ2v) is 6.89. The van der Waals surface area contributed by atoms with Gasteiger partial charge >= 0.3 is 6.03 Å². The summed E-state index contributed by atoms with van der Waals surface area (Å²) in [6.45, 7) is 2.24. The fourth-order valence-electron chi connectivity index (χ4n) is 2.17. The van der Waals surface area contributed by atoms with E-state index in [0.29, 0.717) is 11.4 Å². The number of benzene rings is 1. The smallest absolute Gasteiger partial charge is 0.335 e. The average Bonchev–Trinajstić information content (AvgIpc) is 2.52. The number of aryl methyl sites for hydroxylation is 2. The molecule has 3 N–H and O–H groups in total. The van der Waals surface area contributed by atoms with Crippen molar-refractivity contribution in [2.24, 2.45) is 0 Å². The lowest BCUT2D eigenvalue weighted by Gasteiger charge is -2.14. The third kappa shape index (κ3) is 4.70. The molecule has 25 heavy (non-hydrogen) atoms. The molecule has 0 aliphatic rings. The predicted molar refractivity (Wildman–Crippen MR) is 88.2 cm³/mol. The molecular weight excluding hydrogens is 351 g/mol. The van der Waals surface area contributed by atoms with Crippen LogP contribution in [0.15, 0.2) is 35.2 Å². The summed E-state index contributed by atoms with van der Waals surface area (Å²) in [5.74, 6) is -0.0534. The second-order valence-electron chi connectivity index (χ2n) is 5.24.